The number of nitrogens with zero attached hydrogens (tertiary/aromatic N) is 1. The minimum Gasteiger partial charge on any atom is -0.455 e. The third-order valence-electron chi connectivity index (χ3n) is 4.01. The fourth-order valence-electron chi connectivity index (χ4n) is 2.73. The minimum atomic E-state index is -0.890. The molecule has 2 aromatic rings. The molecule has 1 N–H and O–H groups in total. The number of furan rings is 1. The predicted molar refractivity (Wildman–Crippen MR) is 77.6 cm³/mol. The highest BCUT2D eigenvalue weighted by atomic mass is 19.1. The molecule has 1 aromatic carbocycles. The molecule has 114 valence electrons. The number of ether oxygens (including phenoxy) is 1. The molecule has 21 heavy (non-hydrogen) atoms. The Morgan fingerprint density at radius 2 is 2.19 bits per heavy atom. The van der Waals surface area contributed by atoms with E-state index in [0.717, 1.165) is 6.54 Å². The second kappa shape index (κ2) is 5.75. The molecule has 4 nitrogen and oxygen atoms in total. The number of hydrogen-bond acceptors (Lipinski definition) is 4. The Kier molecular flexibility index (Phi) is 3.97. The number of morpholine rings is 1. The van der Waals surface area contributed by atoms with E-state index in [1.165, 1.54) is 6.07 Å². The van der Waals surface area contributed by atoms with E-state index < -0.39 is 11.9 Å². The number of rotatable bonds is 3. The van der Waals surface area contributed by atoms with Crippen LogP contribution in [0.25, 0.3) is 11.0 Å². The van der Waals surface area contributed by atoms with Crippen LogP contribution in [-0.4, -0.2) is 41.8 Å². The molecule has 0 aliphatic carbocycles. The monoisotopic (exact) mass is 293 g/mol. The normalized spacial score (nSPS) is 22.0. The fourth-order valence-corrected chi connectivity index (χ4v) is 2.73. The van der Waals surface area contributed by atoms with Crippen LogP contribution in [0, 0.1) is 5.82 Å². The molecular formula is C16H20FNO3. The molecule has 5 heteroatoms. The summed E-state index contributed by atoms with van der Waals surface area (Å²) in [5, 5.41) is 11.1. The largest absolute Gasteiger partial charge is 0.455 e. The summed E-state index contributed by atoms with van der Waals surface area (Å²) in [5.74, 6) is -0.0648. The SMILES string of the molecule is CC(C)N1CCOC(C(O)c2cc3cccc(F)c3o2)C1. The van der Waals surface area contributed by atoms with E-state index in [1.807, 2.05) is 0 Å². The van der Waals surface area contributed by atoms with Gasteiger partial charge >= 0.3 is 0 Å². The highest BCUT2D eigenvalue weighted by Crippen LogP contribution is 2.29. The van der Waals surface area contributed by atoms with Crippen molar-refractivity contribution in [1.82, 2.24) is 4.90 Å². The Morgan fingerprint density at radius 3 is 2.90 bits per heavy atom. The number of benzene rings is 1. The van der Waals surface area contributed by atoms with Gasteiger partial charge in [0.1, 0.15) is 18.0 Å². The molecule has 0 saturated carbocycles. The Hall–Kier alpha value is -1.43. The molecule has 2 atom stereocenters. The van der Waals surface area contributed by atoms with Gasteiger partial charge in [-0.3, -0.25) is 4.90 Å². The Labute approximate surface area is 123 Å². The highest BCUT2D eigenvalue weighted by molar-refractivity contribution is 5.78. The molecule has 0 amide bonds. The van der Waals surface area contributed by atoms with Crippen molar-refractivity contribution in [1.29, 1.82) is 0 Å². The first-order valence-electron chi connectivity index (χ1n) is 7.28. The van der Waals surface area contributed by atoms with Gasteiger partial charge in [-0.15, -0.1) is 0 Å². The van der Waals surface area contributed by atoms with E-state index in [0.29, 0.717) is 30.3 Å². The Bertz CT molecular complexity index is 625. The topological polar surface area (TPSA) is 45.8 Å². The van der Waals surface area contributed by atoms with Gasteiger partial charge in [-0.25, -0.2) is 4.39 Å². The molecule has 2 unspecified atom stereocenters. The van der Waals surface area contributed by atoms with Gasteiger partial charge in [0, 0.05) is 24.5 Å². The lowest BCUT2D eigenvalue weighted by Crippen LogP contribution is -2.47. The molecule has 1 saturated heterocycles. The molecule has 1 aliphatic rings. The van der Waals surface area contributed by atoms with E-state index >= 15 is 0 Å². The lowest BCUT2D eigenvalue weighted by molar-refractivity contribution is -0.101. The van der Waals surface area contributed by atoms with Gasteiger partial charge in [0.25, 0.3) is 0 Å². The molecule has 0 spiro atoms. The summed E-state index contributed by atoms with van der Waals surface area (Å²) in [6.45, 7) is 6.30. The zero-order chi connectivity index (χ0) is 15.0. The van der Waals surface area contributed by atoms with Crippen LogP contribution in [0.4, 0.5) is 4.39 Å². The standard InChI is InChI=1S/C16H20FNO3/c1-10(2)18-6-7-20-14(9-18)15(19)13-8-11-4-3-5-12(17)16(11)21-13/h3-5,8,10,14-15,19H,6-7,9H2,1-2H3. The maximum Gasteiger partial charge on any atom is 0.170 e. The molecular weight excluding hydrogens is 273 g/mol. The zero-order valence-electron chi connectivity index (χ0n) is 12.3. The first-order chi connectivity index (χ1) is 10.1. The molecule has 2 heterocycles. The van der Waals surface area contributed by atoms with Crippen molar-refractivity contribution >= 4 is 11.0 Å². The number of para-hydroxylation sites is 1. The molecule has 1 aromatic heterocycles. The summed E-state index contributed by atoms with van der Waals surface area (Å²) >= 11 is 0. The minimum absolute atomic E-state index is 0.183. The molecule has 1 aliphatic heterocycles. The summed E-state index contributed by atoms with van der Waals surface area (Å²) in [7, 11) is 0. The van der Waals surface area contributed by atoms with Gasteiger partial charge in [-0.1, -0.05) is 12.1 Å². The fraction of sp³-hybridized carbons (Fsp3) is 0.500. The van der Waals surface area contributed by atoms with Crippen LogP contribution in [0.1, 0.15) is 25.7 Å². The van der Waals surface area contributed by atoms with Crippen LogP contribution in [0.2, 0.25) is 0 Å². The van der Waals surface area contributed by atoms with E-state index in [1.54, 1.807) is 18.2 Å². The third-order valence-corrected chi connectivity index (χ3v) is 4.01. The first-order valence-corrected chi connectivity index (χ1v) is 7.28. The van der Waals surface area contributed by atoms with Crippen molar-refractivity contribution in [2.75, 3.05) is 19.7 Å². The predicted octanol–water partition coefficient (Wildman–Crippen LogP) is 2.71. The smallest absolute Gasteiger partial charge is 0.170 e. The average molecular weight is 293 g/mol. The first kappa shape index (κ1) is 14.5. The summed E-state index contributed by atoms with van der Waals surface area (Å²) in [4.78, 5) is 2.25. The maximum atomic E-state index is 13.7. The van der Waals surface area contributed by atoms with Crippen LogP contribution in [0.3, 0.4) is 0 Å². The van der Waals surface area contributed by atoms with Gasteiger partial charge in [0.15, 0.2) is 11.4 Å². The van der Waals surface area contributed by atoms with E-state index in [-0.39, 0.29) is 11.7 Å². The van der Waals surface area contributed by atoms with Gasteiger partial charge in [0.05, 0.1) is 6.61 Å². The van der Waals surface area contributed by atoms with Gasteiger partial charge in [-0.2, -0.15) is 0 Å². The van der Waals surface area contributed by atoms with Crippen molar-refractivity contribution in [2.45, 2.75) is 32.1 Å². The number of aliphatic hydroxyl groups is 1. The lowest BCUT2D eigenvalue weighted by Gasteiger charge is -2.36. The molecule has 3 rings (SSSR count). The molecule has 0 bridgehead atoms. The van der Waals surface area contributed by atoms with Crippen molar-refractivity contribution in [3.63, 3.8) is 0 Å². The van der Waals surface area contributed by atoms with Gasteiger partial charge in [-0.05, 0) is 26.0 Å². The van der Waals surface area contributed by atoms with Crippen LogP contribution >= 0.6 is 0 Å². The summed E-state index contributed by atoms with van der Waals surface area (Å²) in [6.07, 6.45) is -1.25. The lowest BCUT2D eigenvalue weighted by atomic mass is 10.1. The quantitative estimate of drug-likeness (QED) is 0.945. The third kappa shape index (κ3) is 2.81. The number of hydrogen-bond donors (Lipinski definition) is 1. The van der Waals surface area contributed by atoms with Crippen LogP contribution < -0.4 is 0 Å². The van der Waals surface area contributed by atoms with E-state index in [2.05, 4.69) is 18.7 Å². The van der Waals surface area contributed by atoms with Gasteiger partial charge in [0.2, 0.25) is 0 Å². The van der Waals surface area contributed by atoms with Crippen molar-refractivity contribution in [3.8, 4) is 0 Å². The summed E-state index contributed by atoms with van der Waals surface area (Å²) < 4.78 is 24.8. The van der Waals surface area contributed by atoms with Crippen molar-refractivity contribution in [2.24, 2.45) is 0 Å². The molecule has 1 fully saturated rings. The highest BCUT2D eigenvalue weighted by Gasteiger charge is 2.31. The van der Waals surface area contributed by atoms with E-state index in [4.69, 9.17) is 9.15 Å². The van der Waals surface area contributed by atoms with Crippen molar-refractivity contribution < 1.29 is 18.7 Å². The van der Waals surface area contributed by atoms with Crippen molar-refractivity contribution in [3.05, 3.63) is 35.8 Å². The molecule has 0 radical (unpaired) electrons. The van der Waals surface area contributed by atoms with Crippen LogP contribution in [-0.2, 0) is 4.74 Å². The average Bonchev–Trinajstić information content (AvgIpc) is 2.92. The second-order valence-corrected chi connectivity index (χ2v) is 5.75. The zero-order valence-corrected chi connectivity index (χ0v) is 12.3. The summed E-state index contributed by atoms with van der Waals surface area (Å²) in [6, 6.07) is 6.82. The number of halogens is 1. The van der Waals surface area contributed by atoms with Crippen LogP contribution in [0.15, 0.2) is 28.7 Å². The second-order valence-electron chi connectivity index (χ2n) is 5.75. The van der Waals surface area contributed by atoms with Gasteiger partial charge < -0.3 is 14.3 Å². The summed E-state index contributed by atoms with van der Waals surface area (Å²) in [5.41, 5.74) is 0.183. The van der Waals surface area contributed by atoms with Crippen LogP contribution in [0.5, 0.6) is 0 Å². The number of aliphatic hydroxyl groups excluding tert-OH is 1. The number of fused-ring (bicyclic) bond motifs is 1. The Balaban J connectivity index is 1.83. The van der Waals surface area contributed by atoms with E-state index in [9.17, 15) is 9.50 Å². The maximum absolute atomic E-state index is 13.7. The Morgan fingerprint density at radius 1 is 1.38 bits per heavy atom.